The van der Waals surface area contributed by atoms with Gasteiger partial charge < -0.3 is 10.1 Å². The summed E-state index contributed by atoms with van der Waals surface area (Å²) in [5, 5.41) is 2.27. The molecule has 0 bridgehead atoms. The van der Waals surface area contributed by atoms with E-state index in [1.165, 1.54) is 0 Å². The zero-order valence-corrected chi connectivity index (χ0v) is 14.1. The predicted molar refractivity (Wildman–Crippen MR) is 93.2 cm³/mol. The number of nitrogens with zero attached hydrogens (tertiary/aromatic N) is 1. The molecule has 1 saturated heterocycles. The first-order chi connectivity index (χ1) is 11.6. The minimum Gasteiger partial charge on any atom is -0.493 e. The zero-order valence-electron chi connectivity index (χ0n) is 13.3. The van der Waals surface area contributed by atoms with E-state index in [1.54, 1.807) is 0 Å². The van der Waals surface area contributed by atoms with Gasteiger partial charge in [-0.25, -0.2) is 0 Å². The summed E-state index contributed by atoms with van der Waals surface area (Å²) in [6.45, 7) is 2.53. The summed E-state index contributed by atoms with van der Waals surface area (Å²) >= 11 is 0.741. The first-order valence-electron chi connectivity index (χ1n) is 7.76. The van der Waals surface area contributed by atoms with E-state index in [1.807, 2.05) is 49.4 Å². The number of pyridine rings is 1. The van der Waals surface area contributed by atoms with Crippen molar-refractivity contribution in [2.24, 2.45) is 0 Å². The average Bonchev–Trinajstić information content (AvgIpc) is 2.87. The summed E-state index contributed by atoms with van der Waals surface area (Å²) in [5.41, 5.74) is 3.01. The third-order valence-corrected chi connectivity index (χ3v) is 4.49. The van der Waals surface area contributed by atoms with Gasteiger partial charge in [-0.1, -0.05) is 18.2 Å². The van der Waals surface area contributed by atoms with Gasteiger partial charge in [0.2, 0.25) is 5.12 Å². The van der Waals surface area contributed by atoms with Gasteiger partial charge in [0.25, 0.3) is 5.24 Å². The Kier molecular flexibility index (Phi) is 5.15. The molecule has 0 spiro atoms. The van der Waals surface area contributed by atoms with Crippen LogP contribution in [0.25, 0.3) is 0 Å². The Labute approximate surface area is 144 Å². The molecule has 1 unspecified atom stereocenters. The van der Waals surface area contributed by atoms with Crippen LogP contribution in [0.4, 0.5) is 4.79 Å². The molecule has 24 heavy (non-hydrogen) atoms. The molecule has 124 valence electrons. The second-order valence-electron chi connectivity index (χ2n) is 5.62. The number of hydrogen-bond acceptors (Lipinski definition) is 5. The average molecular weight is 342 g/mol. The molecule has 1 aromatic carbocycles. The van der Waals surface area contributed by atoms with E-state index in [2.05, 4.69) is 10.3 Å². The maximum Gasteiger partial charge on any atom is 0.287 e. The first kappa shape index (κ1) is 16.5. The Balaban J connectivity index is 1.49. The van der Waals surface area contributed by atoms with Crippen LogP contribution in [0.2, 0.25) is 0 Å². The van der Waals surface area contributed by atoms with Gasteiger partial charge in [-0.3, -0.25) is 14.6 Å². The highest BCUT2D eigenvalue weighted by Crippen LogP contribution is 2.20. The van der Waals surface area contributed by atoms with Gasteiger partial charge in [-0.2, -0.15) is 0 Å². The lowest BCUT2D eigenvalue weighted by Crippen LogP contribution is -2.30. The fourth-order valence-electron chi connectivity index (χ4n) is 2.50. The number of hydrogen-bond donors (Lipinski definition) is 1. The Morgan fingerprint density at radius 2 is 1.96 bits per heavy atom. The Bertz CT molecular complexity index is 746. The maximum absolute atomic E-state index is 11.6. The van der Waals surface area contributed by atoms with Gasteiger partial charge >= 0.3 is 0 Å². The van der Waals surface area contributed by atoms with E-state index in [9.17, 15) is 9.59 Å². The van der Waals surface area contributed by atoms with Crippen molar-refractivity contribution in [1.29, 1.82) is 0 Å². The number of nitrogens with one attached hydrogen (secondary N) is 1. The van der Waals surface area contributed by atoms with Crippen LogP contribution in [0, 0.1) is 6.92 Å². The molecule has 1 aromatic heterocycles. The summed E-state index contributed by atoms with van der Waals surface area (Å²) in [5.74, 6) is 0.780. The van der Waals surface area contributed by atoms with Crippen LogP contribution in [0.3, 0.4) is 0 Å². The molecule has 1 atom stereocenters. The highest BCUT2D eigenvalue weighted by Gasteiger charge is 2.31. The van der Waals surface area contributed by atoms with Gasteiger partial charge in [0.05, 0.1) is 6.61 Å². The summed E-state index contributed by atoms with van der Waals surface area (Å²) in [4.78, 5) is 27.2. The van der Waals surface area contributed by atoms with Crippen molar-refractivity contribution in [2.45, 2.75) is 25.8 Å². The smallest absolute Gasteiger partial charge is 0.287 e. The van der Waals surface area contributed by atoms with Crippen molar-refractivity contribution >= 4 is 22.1 Å². The number of amides is 1. The number of carbonyl (C=O) groups excluding carboxylic acids is 2. The van der Waals surface area contributed by atoms with Crippen molar-refractivity contribution in [3.05, 3.63) is 59.4 Å². The van der Waals surface area contributed by atoms with E-state index in [0.29, 0.717) is 13.0 Å². The molecule has 3 rings (SSSR count). The first-order valence-corrected chi connectivity index (χ1v) is 8.58. The van der Waals surface area contributed by atoms with Crippen LogP contribution in [-0.4, -0.2) is 28.0 Å². The Morgan fingerprint density at radius 3 is 2.62 bits per heavy atom. The summed E-state index contributed by atoms with van der Waals surface area (Å²) < 4.78 is 5.73. The van der Waals surface area contributed by atoms with Gasteiger partial charge in [0, 0.05) is 36.0 Å². The van der Waals surface area contributed by atoms with Crippen LogP contribution in [0.1, 0.15) is 17.0 Å². The standard InChI is InChI=1S/C18H18N2O3S/c1-12-3-2-4-14(19-12)9-10-23-15-7-5-13(6-8-15)11-16-17(21)24-18(22)20-16/h2-8,16H,9-11H2,1H3,(H,20,22). The number of carbonyl (C=O) groups is 2. The van der Waals surface area contributed by atoms with Crippen LogP contribution >= 0.6 is 11.8 Å². The molecule has 1 aliphatic heterocycles. The molecule has 1 N–H and O–H groups in total. The highest BCUT2D eigenvalue weighted by atomic mass is 32.2. The maximum atomic E-state index is 11.6. The lowest BCUT2D eigenvalue weighted by molar-refractivity contribution is -0.112. The molecule has 0 radical (unpaired) electrons. The van der Waals surface area contributed by atoms with Crippen LogP contribution < -0.4 is 10.1 Å². The molecule has 0 aliphatic carbocycles. The van der Waals surface area contributed by atoms with E-state index in [0.717, 1.165) is 40.9 Å². The van der Waals surface area contributed by atoms with Crippen LogP contribution in [-0.2, 0) is 17.6 Å². The summed E-state index contributed by atoms with van der Waals surface area (Å²) in [6, 6.07) is 13.1. The molecular weight excluding hydrogens is 324 g/mol. The number of rotatable bonds is 6. The number of benzene rings is 1. The fraction of sp³-hybridized carbons (Fsp3) is 0.278. The number of aryl methyl sites for hydroxylation is 1. The second-order valence-corrected chi connectivity index (χ2v) is 6.60. The Hall–Kier alpha value is -2.34. The minimum absolute atomic E-state index is 0.119. The fourth-order valence-corrected chi connectivity index (χ4v) is 3.17. The monoisotopic (exact) mass is 342 g/mol. The predicted octanol–water partition coefficient (Wildman–Crippen LogP) is 2.91. The third-order valence-electron chi connectivity index (χ3n) is 3.71. The van der Waals surface area contributed by atoms with Gasteiger partial charge in [0.15, 0.2) is 0 Å². The molecule has 5 nitrogen and oxygen atoms in total. The highest BCUT2D eigenvalue weighted by molar-refractivity contribution is 8.26. The number of ether oxygens (including phenoxy) is 1. The number of thioether (sulfide) groups is 1. The van der Waals surface area contributed by atoms with Crippen molar-refractivity contribution in [3.8, 4) is 5.75 Å². The topological polar surface area (TPSA) is 68.3 Å². The SMILES string of the molecule is Cc1cccc(CCOc2ccc(CC3NC(=O)SC3=O)cc2)n1. The zero-order chi connectivity index (χ0) is 16.9. The van der Waals surface area contributed by atoms with E-state index < -0.39 is 6.04 Å². The van der Waals surface area contributed by atoms with Crippen LogP contribution in [0.15, 0.2) is 42.5 Å². The van der Waals surface area contributed by atoms with E-state index >= 15 is 0 Å². The molecular formula is C18H18N2O3S. The molecule has 1 aliphatic rings. The summed E-state index contributed by atoms with van der Waals surface area (Å²) in [6.07, 6.45) is 1.26. The minimum atomic E-state index is -0.429. The van der Waals surface area contributed by atoms with Crippen LogP contribution in [0.5, 0.6) is 5.75 Å². The lowest BCUT2D eigenvalue weighted by Gasteiger charge is -2.10. The van der Waals surface area contributed by atoms with E-state index in [4.69, 9.17) is 4.74 Å². The lowest BCUT2D eigenvalue weighted by atomic mass is 10.1. The quantitative estimate of drug-likeness (QED) is 0.874. The summed E-state index contributed by atoms with van der Waals surface area (Å²) in [7, 11) is 0. The largest absolute Gasteiger partial charge is 0.493 e. The molecule has 1 amide bonds. The molecule has 6 heteroatoms. The van der Waals surface area contributed by atoms with Gasteiger partial charge in [0.1, 0.15) is 11.8 Å². The third kappa shape index (κ3) is 4.35. The molecule has 0 saturated carbocycles. The number of aromatic nitrogens is 1. The van der Waals surface area contributed by atoms with Crippen molar-refractivity contribution in [3.63, 3.8) is 0 Å². The van der Waals surface area contributed by atoms with Crippen molar-refractivity contribution in [1.82, 2.24) is 10.3 Å². The second kappa shape index (κ2) is 7.49. The van der Waals surface area contributed by atoms with E-state index in [-0.39, 0.29) is 10.4 Å². The van der Waals surface area contributed by atoms with Crippen molar-refractivity contribution in [2.75, 3.05) is 6.61 Å². The normalized spacial score (nSPS) is 17.0. The molecule has 1 fully saturated rings. The van der Waals surface area contributed by atoms with Gasteiger partial charge in [-0.05, 0) is 36.8 Å². The molecule has 2 heterocycles. The van der Waals surface area contributed by atoms with Gasteiger partial charge in [-0.15, -0.1) is 0 Å². The van der Waals surface area contributed by atoms with Crippen molar-refractivity contribution < 1.29 is 14.3 Å². The molecule has 2 aromatic rings. The Morgan fingerprint density at radius 1 is 1.17 bits per heavy atom.